The lowest BCUT2D eigenvalue weighted by Crippen LogP contribution is -2.03. The van der Waals surface area contributed by atoms with E-state index in [9.17, 15) is 0 Å². The molecule has 3 heteroatoms. The SMILES string of the molecule is Cc1ccc(Cn2ccnc2CO)cc1. The van der Waals surface area contributed by atoms with Crippen molar-refractivity contribution in [3.63, 3.8) is 0 Å². The topological polar surface area (TPSA) is 38.0 Å². The maximum Gasteiger partial charge on any atom is 0.134 e. The van der Waals surface area contributed by atoms with E-state index in [0.717, 1.165) is 6.54 Å². The van der Waals surface area contributed by atoms with E-state index in [1.165, 1.54) is 11.1 Å². The molecule has 78 valence electrons. The van der Waals surface area contributed by atoms with Crippen molar-refractivity contribution in [2.75, 3.05) is 0 Å². The van der Waals surface area contributed by atoms with Crippen molar-refractivity contribution >= 4 is 0 Å². The van der Waals surface area contributed by atoms with Crippen LogP contribution < -0.4 is 0 Å². The number of aryl methyl sites for hydroxylation is 1. The van der Waals surface area contributed by atoms with Crippen molar-refractivity contribution in [1.29, 1.82) is 0 Å². The molecular formula is C12H14N2O. The molecule has 0 bridgehead atoms. The number of hydrogen-bond acceptors (Lipinski definition) is 2. The number of nitrogens with zero attached hydrogens (tertiary/aromatic N) is 2. The van der Waals surface area contributed by atoms with Gasteiger partial charge in [0, 0.05) is 18.9 Å². The predicted molar refractivity (Wildman–Crippen MR) is 58.4 cm³/mol. The summed E-state index contributed by atoms with van der Waals surface area (Å²) in [6.45, 7) is 2.81. The van der Waals surface area contributed by atoms with Gasteiger partial charge in [-0.3, -0.25) is 0 Å². The second-order valence-electron chi connectivity index (χ2n) is 3.62. The summed E-state index contributed by atoms with van der Waals surface area (Å²) < 4.78 is 1.95. The first kappa shape index (κ1) is 9.93. The molecule has 0 saturated carbocycles. The number of aliphatic hydroxyl groups is 1. The number of rotatable bonds is 3. The van der Waals surface area contributed by atoms with Crippen LogP contribution in [-0.4, -0.2) is 14.7 Å². The van der Waals surface area contributed by atoms with E-state index < -0.39 is 0 Å². The third-order valence-corrected chi connectivity index (χ3v) is 2.42. The molecule has 0 atom stereocenters. The van der Waals surface area contributed by atoms with Crippen LogP contribution in [0.4, 0.5) is 0 Å². The van der Waals surface area contributed by atoms with E-state index in [1.807, 2.05) is 10.8 Å². The van der Waals surface area contributed by atoms with Crippen LogP contribution in [0.3, 0.4) is 0 Å². The summed E-state index contributed by atoms with van der Waals surface area (Å²) in [6, 6.07) is 8.36. The standard InChI is InChI=1S/C12H14N2O/c1-10-2-4-11(5-3-10)8-14-7-6-13-12(14)9-15/h2-7,15H,8-9H2,1H3. The molecule has 0 radical (unpaired) electrons. The minimum atomic E-state index is -0.0150. The van der Waals surface area contributed by atoms with Crippen molar-refractivity contribution in [3.8, 4) is 0 Å². The van der Waals surface area contributed by atoms with Crippen molar-refractivity contribution < 1.29 is 5.11 Å². The van der Waals surface area contributed by atoms with E-state index in [-0.39, 0.29) is 6.61 Å². The van der Waals surface area contributed by atoms with Gasteiger partial charge < -0.3 is 9.67 Å². The van der Waals surface area contributed by atoms with E-state index in [2.05, 4.69) is 36.2 Å². The van der Waals surface area contributed by atoms with Crippen LogP contribution >= 0.6 is 0 Å². The normalized spacial score (nSPS) is 10.5. The van der Waals surface area contributed by atoms with Crippen LogP contribution in [0.2, 0.25) is 0 Å². The lowest BCUT2D eigenvalue weighted by Gasteiger charge is -2.06. The highest BCUT2D eigenvalue weighted by Gasteiger charge is 2.01. The number of benzene rings is 1. The third kappa shape index (κ3) is 2.25. The lowest BCUT2D eigenvalue weighted by molar-refractivity contribution is 0.266. The van der Waals surface area contributed by atoms with Gasteiger partial charge in [0.1, 0.15) is 12.4 Å². The Kier molecular flexibility index (Phi) is 2.83. The largest absolute Gasteiger partial charge is 0.388 e. The molecule has 0 aliphatic carbocycles. The highest BCUT2D eigenvalue weighted by atomic mass is 16.3. The molecule has 1 heterocycles. The lowest BCUT2D eigenvalue weighted by atomic mass is 10.1. The summed E-state index contributed by atoms with van der Waals surface area (Å²) in [5, 5.41) is 9.05. The Bertz CT molecular complexity index is 431. The summed E-state index contributed by atoms with van der Waals surface area (Å²) in [4.78, 5) is 4.06. The second kappa shape index (κ2) is 4.28. The fourth-order valence-corrected chi connectivity index (χ4v) is 1.53. The average molecular weight is 202 g/mol. The Balaban J connectivity index is 2.18. The average Bonchev–Trinajstić information content (AvgIpc) is 2.69. The molecule has 1 aromatic heterocycles. The first-order valence-corrected chi connectivity index (χ1v) is 4.96. The molecule has 3 nitrogen and oxygen atoms in total. The molecule has 15 heavy (non-hydrogen) atoms. The van der Waals surface area contributed by atoms with Gasteiger partial charge >= 0.3 is 0 Å². The highest BCUT2D eigenvalue weighted by molar-refractivity contribution is 5.21. The summed E-state index contributed by atoms with van der Waals surface area (Å²) >= 11 is 0. The highest BCUT2D eigenvalue weighted by Crippen LogP contribution is 2.07. The minimum absolute atomic E-state index is 0.0150. The van der Waals surface area contributed by atoms with Crippen molar-refractivity contribution in [2.24, 2.45) is 0 Å². The fourth-order valence-electron chi connectivity index (χ4n) is 1.53. The molecule has 1 aromatic carbocycles. The summed E-state index contributed by atoms with van der Waals surface area (Å²) in [5.74, 6) is 0.704. The fraction of sp³-hybridized carbons (Fsp3) is 0.250. The van der Waals surface area contributed by atoms with E-state index in [1.54, 1.807) is 6.20 Å². The molecule has 0 unspecified atom stereocenters. The maximum atomic E-state index is 9.05. The molecule has 0 aliphatic rings. The zero-order valence-electron chi connectivity index (χ0n) is 8.72. The van der Waals surface area contributed by atoms with Gasteiger partial charge in [0.25, 0.3) is 0 Å². The van der Waals surface area contributed by atoms with Gasteiger partial charge in [-0.1, -0.05) is 29.8 Å². The number of imidazole rings is 1. The number of aromatic nitrogens is 2. The van der Waals surface area contributed by atoms with Crippen LogP contribution in [0.1, 0.15) is 17.0 Å². The van der Waals surface area contributed by atoms with Gasteiger partial charge in [-0.05, 0) is 12.5 Å². The van der Waals surface area contributed by atoms with Gasteiger partial charge in [-0.2, -0.15) is 0 Å². The first-order valence-electron chi connectivity index (χ1n) is 4.96. The Hall–Kier alpha value is -1.61. The van der Waals surface area contributed by atoms with Crippen LogP contribution in [-0.2, 0) is 13.2 Å². The molecule has 2 aromatic rings. The van der Waals surface area contributed by atoms with Crippen molar-refractivity contribution in [2.45, 2.75) is 20.1 Å². The quantitative estimate of drug-likeness (QED) is 0.823. The molecule has 0 aliphatic heterocycles. The van der Waals surface area contributed by atoms with Crippen molar-refractivity contribution in [3.05, 3.63) is 53.6 Å². The second-order valence-corrected chi connectivity index (χ2v) is 3.62. The van der Waals surface area contributed by atoms with Gasteiger partial charge in [0.05, 0.1) is 0 Å². The Morgan fingerprint density at radius 1 is 1.27 bits per heavy atom. The minimum Gasteiger partial charge on any atom is -0.388 e. The third-order valence-electron chi connectivity index (χ3n) is 2.42. The molecule has 0 spiro atoms. The Morgan fingerprint density at radius 2 is 2.00 bits per heavy atom. The van der Waals surface area contributed by atoms with Gasteiger partial charge in [0.2, 0.25) is 0 Å². The zero-order valence-corrected chi connectivity index (χ0v) is 8.72. The van der Waals surface area contributed by atoms with Crippen LogP contribution in [0.15, 0.2) is 36.7 Å². The zero-order chi connectivity index (χ0) is 10.7. The molecular weight excluding hydrogens is 188 g/mol. The first-order chi connectivity index (χ1) is 7.29. The molecule has 2 rings (SSSR count). The van der Waals surface area contributed by atoms with Crippen LogP contribution in [0.5, 0.6) is 0 Å². The predicted octanol–water partition coefficient (Wildman–Crippen LogP) is 1.73. The number of hydrogen-bond donors (Lipinski definition) is 1. The maximum absolute atomic E-state index is 9.05. The smallest absolute Gasteiger partial charge is 0.134 e. The van der Waals surface area contributed by atoms with E-state index in [0.29, 0.717) is 5.82 Å². The number of aliphatic hydroxyl groups excluding tert-OH is 1. The molecule has 0 saturated heterocycles. The molecule has 1 N–H and O–H groups in total. The summed E-state index contributed by atoms with van der Waals surface area (Å²) in [6.07, 6.45) is 3.59. The Morgan fingerprint density at radius 3 is 2.67 bits per heavy atom. The van der Waals surface area contributed by atoms with Gasteiger partial charge in [-0.25, -0.2) is 4.98 Å². The molecule has 0 fully saturated rings. The van der Waals surface area contributed by atoms with Gasteiger partial charge in [-0.15, -0.1) is 0 Å². The Labute approximate surface area is 89.0 Å². The van der Waals surface area contributed by atoms with Crippen molar-refractivity contribution in [1.82, 2.24) is 9.55 Å². The monoisotopic (exact) mass is 202 g/mol. The molecule has 0 amide bonds. The van der Waals surface area contributed by atoms with Crippen LogP contribution in [0.25, 0.3) is 0 Å². The summed E-state index contributed by atoms with van der Waals surface area (Å²) in [7, 11) is 0. The van der Waals surface area contributed by atoms with Crippen LogP contribution in [0, 0.1) is 6.92 Å². The van der Waals surface area contributed by atoms with E-state index in [4.69, 9.17) is 5.11 Å². The van der Waals surface area contributed by atoms with E-state index >= 15 is 0 Å². The van der Waals surface area contributed by atoms with Gasteiger partial charge in [0.15, 0.2) is 0 Å². The summed E-state index contributed by atoms with van der Waals surface area (Å²) in [5.41, 5.74) is 2.47.